The first-order valence-corrected chi connectivity index (χ1v) is 8.50. The van der Waals surface area contributed by atoms with Gasteiger partial charge in [0.15, 0.2) is 5.96 Å². The summed E-state index contributed by atoms with van der Waals surface area (Å²) in [4.78, 5) is 7.31. The summed E-state index contributed by atoms with van der Waals surface area (Å²) in [5.74, 6) is 1.91. The van der Waals surface area contributed by atoms with Crippen LogP contribution in [0.2, 0.25) is 0 Å². The molecule has 1 saturated heterocycles. The number of hydrogen-bond donors (Lipinski definition) is 2. The van der Waals surface area contributed by atoms with E-state index in [4.69, 9.17) is 9.41 Å². The molecular formula is C17H31IN4O. The predicted octanol–water partition coefficient (Wildman–Crippen LogP) is 2.87. The van der Waals surface area contributed by atoms with E-state index in [0.717, 1.165) is 37.8 Å². The number of furan rings is 1. The number of likely N-dealkylation sites (tertiary alicyclic amines) is 1. The summed E-state index contributed by atoms with van der Waals surface area (Å²) in [6, 6.07) is 4.91. The maximum absolute atomic E-state index is 5.36. The number of aliphatic imine (C=N–C) groups is 1. The minimum Gasteiger partial charge on any atom is -0.469 e. The minimum atomic E-state index is 0. The van der Waals surface area contributed by atoms with Gasteiger partial charge in [0.1, 0.15) is 5.76 Å². The molecule has 2 N–H and O–H groups in total. The fourth-order valence-electron chi connectivity index (χ4n) is 2.90. The Morgan fingerprint density at radius 3 is 2.96 bits per heavy atom. The van der Waals surface area contributed by atoms with Gasteiger partial charge in [-0.05, 0) is 51.9 Å². The second-order valence-corrected chi connectivity index (χ2v) is 6.17. The lowest BCUT2D eigenvalue weighted by atomic mass is 10.2. The van der Waals surface area contributed by atoms with Gasteiger partial charge in [0.05, 0.1) is 12.8 Å². The molecule has 1 fully saturated rings. The highest BCUT2D eigenvalue weighted by atomic mass is 127. The van der Waals surface area contributed by atoms with Gasteiger partial charge in [-0.3, -0.25) is 9.89 Å². The molecule has 1 aromatic rings. The van der Waals surface area contributed by atoms with E-state index in [1.54, 1.807) is 6.26 Å². The first-order valence-electron chi connectivity index (χ1n) is 8.50. The van der Waals surface area contributed by atoms with Crippen LogP contribution in [0.25, 0.3) is 0 Å². The Morgan fingerprint density at radius 2 is 2.30 bits per heavy atom. The molecule has 1 aliphatic heterocycles. The second kappa shape index (κ2) is 10.9. The summed E-state index contributed by atoms with van der Waals surface area (Å²) in [5, 5.41) is 6.81. The molecule has 0 amide bonds. The summed E-state index contributed by atoms with van der Waals surface area (Å²) < 4.78 is 5.36. The zero-order chi connectivity index (χ0) is 15.8. The van der Waals surface area contributed by atoms with Crippen molar-refractivity contribution in [2.75, 3.05) is 26.2 Å². The van der Waals surface area contributed by atoms with E-state index in [2.05, 4.69) is 36.3 Å². The highest BCUT2D eigenvalue weighted by Gasteiger charge is 2.22. The van der Waals surface area contributed by atoms with Crippen molar-refractivity contribution in [2.45, 2.75) is 52.1 Å². The van der Waals surface area contributed by atoms with Crippen molar-refractivity contribution in [3.05, 3.63) is 24.2 Å². The summed E-state index contributed by atoms with van der Waals surface area (Å²) in [5.41, 5.74) is 0. The number of hydrogen-bond acceptors (Lipinski definition) is 3. The van der Waals surface area contributed by atoms with Crippen LogP contribution in [0.1, 0.15) is 39.4 Å². The molecule has 132 valence electrons. The average molecular weight is 434 g/mol. The molecule has 5 nitrogen and oxygen atoms in total. The summed E-state index contributed by atoms with van der Waals surface area (Å²) in [7, 11) is 0. The Balaban J connectivity index is 0.00000264. The van der Waals surface area contributed by atoms with Gasteiger partial charge in [-0.2, -0.15) is 0 Å². The standard InChI is InChI=1S/C17H30N4O.HI/c1-4-21-11-5-7-15(21)13-19-17(20-14(2)3)18-10-9-16-8-6-12-22-16;/h6,8,12,14-15H,4-5,7,9-11,13H2,1-3H3,(H2,18,19,20);1H. The van der Waals surface area contributed by atoms with Crippen LogP contribution >= 0.6 is 24.0 Å². The van der Waals surface area contributed by atoms with Crippen LogP contribution in [-0.4, -0.2) is 49.1 Å². The molecule has 2 rings (SSSR count). The number of halogens is 1. The molecule has 0 aromatic carbocycles. The predicted molar refractivity (Wildman–Crippen MR) is 107 cm³/mol. The lowest BCUT2D eigenvalue weighted by molar-refractivity contribution is 0.273. The Bertz CT molecular complexity index is 447. The molecule has 1 aliphatic rings. The van der Waals surface area contributed by atoms with E-state index in [9.17, 15) is 0 Å². The van der Waals surface area contributed by atoms with Crippen molar-refractivity contribution in [1.29, 1.82) is 0 Å². The quantitative estimate of drug-likeness (QED) is 0.394. The molecule has 0 aliphatic carbocycles. The zero-order valence-corrected chi connectivity index (χ0v) is 16.9. The van der Waals surface area contributed by atoms with Crippen LogP contribution in [0.5, 0.6) is 0 Å². The first-order chi connectivity index (χ1) is 10.7. The van der Waals surface area contributed by atoms with Crippen LogP contribution in [0.4, 0.5) is 0 Å². The highest BCUT2D eigenvalue weighted by molar-refractivity contribution is 14.0. The van der Waals surface area contributed by atoms with Gasteiger partial charge in [0.2, 0.25) is 0 Å². The van der Waals surface area contributed by atoms with E-state index in [0.29, 0.717) is 12.1 Å². The Labute approximate surface area is 157 Å². The molecular weight excluding hydrogens is 403 g/mol. The molecule has 1 aromatic heterocycles. The third-order valence-electron chi connectivity index (χ3n) is 4.03. The lowest BCUT2D eigenvalue weighted by Gasteiger charge is -2.22. The second-order valence-electron chi connectivity index (χ2n) is 6.17. The SMILES string of the molecule is CCN1CCCC1CN=C(NCCc1ccco1)NC(C)C.I. The number of nitrogens with zero attached hydrogens (tertiary/aromatic N) is 2. The summed E-state index contributed by atoms with van der Waals surface area (Å²) in [6.45, 7) is 10.5. The van der Waals surface area contributed by atoms with Crippen molar-refractivity contribution >= 4 is 29.9 Å². The molecule has 2 heterocycles. The normalized spacial score (nSPS) is 19.0. The Hall–Kier alpha value is -0.760. The fourth-order valence-corrected chi connectivity index (χ4v) is 2.90. The first kappa shape index (κ1) is 20.3. The molecule has 1 atom stereocenters. The molecule has 6 heteroatoms. The van der Waals surface area contributed by atoms with Gasteiger partial charge >= 0.3 is 0 Å². The van der Waals surface area contributed by atoms with Gasteiger partial charge < -0.3 is 15.1 Å². The van der Waals surface area contributed by atoms with Gasteiger partial charge in [-0.15, -0.1) is 24.0 Å². The van der Waals surface area contributed by atoms with E-state index in [1.807, 2.05) is 12.1 Å². The summed E-state index contributed by atoms with van der Waals surface area (Å²) in [6.07, 6.45) is 5.15. The van der Waals surface area contributed by atoms with Crippen molar-refractivity contribution < 1.29 is 4.42 Å². The van der Waals surface area contributed by atoms with E-state index in [-0.39, 0.29) is 24.0 Å². The van der Waals surface area contributed by atoms with Crippen LogP contribution in [-0.2, 0) is 6.42 Å². The van der Waals surface area contributed by atoms with Crippen LogP contribution in [0.3, 0.4) is 0 Å². The maximum Gasteiger partial charge on any atom is 0.191 e. The van der Waals surface area contributed by atoms with Crippen LogP contribution in [0.15, 0.2) is 27.8 Å². The fraction of sp³-hybridized carbons (Fsp3) is 0.706. The Kier molecular flexibility index (Phi) is 9.62. The zero-order valence-electron chi connectivity index (χ0n) is 14.5. The van der Waals surface area contributed by atoms with E-state index < -0.39 is 0 Å². The molecule has 0 saturated carbocycles. The van der Waals surface area contributed by atoms with Crippen molar-refractivity contribution in [2.24, 2.45) is 4.99 Å². The van der Waals surface area contributed by atoms with Crippen molar-refractivity contribution in [1.82, 2.24) is 15.5 Å². The minimum absolute atomic E-state index is 0. The third-order valence-corrected chi connectivity index (χ3v) is 4.03. The Morgan fingerprint density at radius 1 is 1.48 bits per heavy atom. The number of nitrogens with one attached hydrogen (secondary N) is 2. The smallest absolute Gasteiger partial charge is 0.191 e. The van der Waals surface area contributed by atoms with Crippen LogP contribution in [0, 0.1) is 0 Å². The molecule has 0 radical (unpaired) electrons. The maximum atomic E-state index is 5.36. The van der Waals surface area contributed by atoms with E-state index in [1.165, 1.54) is 19.4 Å². The topological polar surface area (TPSA) is 52.8 Å². The molecule has 0 spiro atoms. The number of guanidine groups is 1. The monoisotopic (exact) mass is 434 g/mol. The van der Waals surface area contributed by atoms with Crippen LogP contribution < -0.4 is 10.6 Å². The van der Waals surface area contributed by atoms with Gasteiger partial charge in [-0.25, -0.2) is 0 Å². The van der Waals surface area contributed by atoms with Gasteiger partial charge in [-0.1, -0.05) is 6.92 Å². The molecule has 0 bridgehead atoms. The molecule has 1 unspecified atom stereocenters. The van der Waals surface area contributed by atoms with E-state index >= 15 is 0 Å². The average Bonchev–Trinajstić information content (AvgIpc) is 3.15. The van der Waals surface area contributed by atoms with Crippen molar-refractivity contribution in [3.8, 4) is 0 Å². The van der Waals surface area contributed by atoms with Gasteiger partial charge in [0, 0.05) is 25.0 Å². The van der Waals surface area contributed by atoms with Gasteiger partial charge in [0.25, 0.3) is 0 Å². The largest absolute Gasteiger partial charge is 0.469 e. The summed E-state index contributed by atoms with van der Waals surface area (Å²) >= 11 is 0. The third kappa shape index (κ3) is 7.12. The lowest BCUT2D eigenvalue weighted by Crippen LogP contribution is -2.43. The number of likely N-dealkylation sites (N-methyl/N-ethyl adjacent to an activating group) is 1. The highest BCUT2D eigenvalue weighted by Crippen LogP contribution is 2.16. The van der Waals surface area contributed by atoms with Crippen molar-refractivity contribution in [3.63, 3.8) is 0 Å². The number of rotatable bonds is 7. The molecule has 23 heavy (non-hydrogen) atoms.